The Bertz CT molecular complexity index is 1770. The van der Waals surface area contributed by atoms with Crippen LogP contribution >= 0.6 is 0 Å². The molecule has 3 aromatic carbocycles. The van der Waals surface area contributed by atoms with Crippen molar-refractivity contribution in [2.24, 2.45) is 5.73 Å². The van der Waals surface area contributed by atoms with E-state index in [0.717, 1.165) is 38.6 Å². The number of nitrogens with two attached hydrogens (primary N) is 1. The van der Waals surface area contributed by atoms with Crippen LogP contribution in [0.5, 0.6) is 11.5 Å². The maximum absolute atomic E-state index is 14.1. The minimum absolute atomic E-state index is 0.0601. The third-order valence-corrected chi connectivity index (χ3v) is 6.76. The summed E-state index contributed by atoms with van der Waals surface area (Å²) in [5, 5.41) is 19.9. The molecule has 0 aliphatic heterocycles. The topological polar surface area (TPSA) is 113 Å². The zero-order chi connectivity index (χ0) is 26.2. The summed E-state index contributed by atoms with van der Waals surface area (Å²) in [5.41, 5.74) is 12.7. The lowest BCUT2D eigenvalue weighted by Gasteiger charge is -2.16. The van der Waals surface area contributed by atoms with Gasteiger partial charge in [0.15, 0.2) is 0 Å². The van der Waals surface area contributed by atoms with Crippen molar-refractivity contribution in [3.8, 4) is 33.9 Å². The molecular weight excluding hydrogens is 481 g/mol. The molecule has 6 aromatic rings. The van der Waals surface area contributed by atoms with E-state index < -0.39 is 5.82 Å². The molecule has 0 saturated heterocycles. The number of para-hydroxylation sites is 1. The van der Waals surface area contributed by atoms with Gasteiger partial charge in [-0.1, -0.05) is 24.3 Å². The second-order valence-corrected chi connectivity index (χ2v) is 9.43. The first-order valence-electron chi connectivity index (χ1n) is 12.3. The number of benzene rings is 3. The Balaban J connectivity index is 1.32. The van der Waals surface area contributed by atoms with Crippen molar-refractivity contribution in [2.45, 2.75) is 19.4 Å². The van der Waals surface area contributed by atoms with E-state index in [1.54, 1.807) is 6.20 Å². The number of H-pyrrole nitrogens is 2. The maximum atomic E-state index is 14.1. The fourth-order valence-corrected chi connectivity index (χ4v) is 4.82. The molecule has 38 heavy (non-hydrogen) atoms. The van der Waals surface area contributed by atoms with Gasteiger partial charge in [0.1, 0.15) is 23.9 Å². The van der Waals surface area contributed by atoms with Crippen LogP contribution < -0.4 is 10.5 Å². The smallest absolute Gasteiger partial charge is 0.138 e. The normalized spacial score (nSPS) is 12.3. The summed E-state index contributed by atoms with van der Waals surface area (Å²) in [6, 6.07) is 19.4. The Morgan fingerprint density at radius 2 is 1.87 bits per heavy atom. The number of hydrogen-bond acceptors (Lipinski definition) is 5. The van der Waals surface area contributed by atoms with Crippen LogP contribution in [0.3, 0.4) is 0 Å². The van der Waals surface area contributed by atoms with Gasteiger partial charge in [-0.2, -0.15) is 5.10 Å². The van der Waals surface area contributed by atoms with E-state index in [2.05, 4.69) is 26.2 Å². The molecule has 5 N–H and O–H groups in total. The Morgan fingerprint density at radius 1 is 1.00 bits per heavy atom. The van der Waals surface area contributed by atoms with Gasteiger partial charge in [-0.25, -0.2) is 4.39 Å². The molecular formula is C30H26FN5O2. The molecule has 0 saturated carbocycles. The van der Waals surface area contributed by atoms with Gasteiger partial charge in [0.2, 0.25) is 0 Å². The highest BCUT2D eigenvalue weighted by molar-refractivity contribution is 5.91. The van der Waals surface area contributed by atoms with Gasteiger partial charge in [-0.05, 0) is 66.9 Å². The molecule has 0 aliphatic rings. The third-order valence-electron chi connectivity index (χ3n) is 6.76. The highest BCUT2D eigenvalue weighted by atomic mass is 19.1. The Labute approximate surface area is 218 Å². The van der Waals surface area contributed by atoms with Gasteiger partial charge in [0, 0.05) is 39.7 Å². The molecule has 7 nitrogen and oxygen atoms in total. The zero-order valence-corrected chi connectivity index (χ0v) is 20.7. The molecule has 3 aromatic heterocycles. The number of ether oxygens (including phenoxy) is 1. The highest BCUT2D eigenvalue weighted by Gasteiger charge is 2.17. The van der Waals surface area contributed by atoms with E-state index in [9.17, 15) is 9.50 Å². The van der Waals surface area contributed by atoms with Crippen LogP contribution in [0.2, 0.25) is 0 Å². The summed E-state index contributed by atoms with van der Waals surface area (Å²) >= 11 is 0. The number of rotatable bonds is 7. The second kappa shape index (κ2) is 9.64. The van der Waals surface area contributed by atoms with Crippen LogP contribution in [0, 0.1) is 12.7 Å². The van der Waals surface area contributed by atoms with Gasteiger partial charge < -0.3 is 20.6 Å². The summed E-state index contributed by atoms with van der Waals surface area (Å²) in [6.07, 6.45) is 4.21. The molecule has 0 spiro atoms. The third kappa shape index (κ3) is 4.46. The number of pyridine rings is 1. The van der Waals surface area contributed by atoms with Crippen LogP contribution in [0.4, 0.5) is 4.39 Å². The first kappa shape index (κ1) is 23.7. The van der Waals surface area contributed by atoms with E-state index in [4.69, 9.17) is 10.5 Å². The van der Waals surface area contributed by atoms with Crippen molar-refractivity contribution >= 4 is 21.8 Å². The van der Waals surface area contributed by atoms with Gasteiger partial charge >= 0.3 is 0 Å². The van der Waals surface area contributed by atoms with Crippen molar-refractivity contribution in [3.63, 3.8) is 0 Å². The number of phenolic OH excluding ortho intramolecular Hbond substituents is 1. The van der Waals surface area contributed by atoms with Crippen molar-refractivity contribution in [1.29, 1.82) is 0 Å². The molecule has 0 unspecified atom stereocenters. The summed E-state index contributed by atoms with van der Waals surface area (Å²) < 4.78 is 20.2. The number of hydrogen-bond donors (Lipinski definition) is 4. The van der Waals surface area contributed by atoms with Crippen LogP contribution in [0.1, 0.15) is 11.3 Å². The molecule has 190 valence electrons. The number of fused-ring (bicyclic) bond motifs is 2. The molecule has 6 rings (SSSR count). The second-order valence-electron chi connectivity index (χ2n) is 9.43. The molecule has 0 bridgehead atoms. The standard InChI is InChI=1S/C30H26FN5O2/c1-17-24-11-18(6-8-28(24)36-35-17)25-13-22(15-34-30(25)26-12-20(31)7-9-29(26)37)38-16-21(32)10-19-14-33-27-5-3-2-4-23(19)27/h2-9,11-15,21,33,37H,10,16,32H2,1H3,(H,35,36)/t21-/m0/s1. The van der Waals surface area contributed by atoms with Crippen LogP contribution in [-0.4, -0.2) is 37.9 Å². The van der Waals surface area contributed by atoms with Crippen molar-refractivity contribution in [1.82, 2.24) is 20.2 Å². The Hall–Kier alpha value is -4.69. The summed E-state index contributed by atoms with van der Waals surface area (Å²) in [7, 11) is 0. The quantitative estimate of drug-likeness (QED) is 0.216. The van der Waals surface area contributed by atoms with Crippen LogP contribution in [0.25, 0.3) is 44.2 Å². The molecule has 3 heterocycles. The van der Waals surface area contributed by atoms with E-state index in [1.165, 1.54) is 18.2 Å². The number of aryl methyl sites for hydroxylation is 1. The zero-order valence-electron chi connectivity index (χ0n) is 20.7. The average Bonchev–Trinajstić information content (AvgIpc) is 3.51. The summed E-state index contributed by atoms with van der Waals surface area (Å²) in [6.45, 7) is 2.21. The summed E-state index contributed by atoms with van der Waals surface area (Å²) in [4.78, 5) is 7.87. The van der Waals surface area contributed by atoms with Crippen molar-refractivity contribution in [2.75, 3.05) is 6.61 Å². The molecule has 1 atom stereocenters. The largest absolute Gasteiger partial charge is 0.507 e. The fraction of sp³-hybridized carbons (Fsp3) is 0.133. The van der Waals surface area contributed by atoms with Gasteiger partial charge in [0.25, 0.3) is 0 Å². The predicted octanol–water partition coefficient (Wildman–Crippen LogP) is 5.88. The van der Waals surface area contributed by atoms with E-state index in [0.29, 0.717) is 29.0 Å². The number of nitrogens with zero attached hydrogens (tertiary/aromatic N) is 2. The number of aromatic nitrogens is 4. The van der Waals surface area contributed by atoms with Crippen molar-refractivity contribution < 1.29 is 14.2 Å². The molecule has 0 aliphatic carbocycles. The van der Waals surface area contributed by atoms with Crippen LogP contribution in [0.15, 0.2) is 79.1 Å². The minimum atomic E-state index is -0.463. The lowest BCUT2D eigenvalue weighted by atomic mass is 9.97. The SMILES string of the molecule is Cc1n[nH]c2ccc(-c3cc(OC[C@@H](N)Cc4c[nH]c5ccccc45)cnc3-c3cc(F)ccc3O)cc12. The Kier molecular flexibility index (Phi) is 6.01. The first-order chi connectivity index (χ1) is 18.5. The van der Waals surface area contributed by atoms with E-state index >= 15 is 0 Å². The molecule has 0 amide bonds. The lowest BCUT2D eigenvalue weighted by Crippen LogP contribution is -2.30. The van der Waals surface area contributed by atoms with Gasteiger partial charge in [-0.3, -0.25) is 10.1 Å². The number of aromatic hydroxyl groups is 1. The number of phenols is 1. The maximum Gasteiger partial charge on any atom is 0.138 e. The highest BCUT2D eigenvalue weighted by Crippen LogP contribution is 2.38. The number of halogens is 1. The average molecular weight is 508 g/mol. The molecule has 0 radical (unpaired) electrons. The van der Waals surface area contributed by atoms with E-state index in [-0.39, 0.29) is 18.4 Å². The fourth-order valence-electron chi connectivity index (χ4n) is 4.82. The number of nitrogens with one attached hydrogen (secondary N) is 2. The monoisotopic (exact) mass is 507 g/mol. The predicted molar refractivity (Wildman–Crippen MR) is 147 cm³/mol. The molecule has 0 fully saturated rings. The minimum Gasteiger partial charge on any atom is -0.507 e. The van der Waals surface area contributed by atoms with Crippen LogP contribution in [-0.2, 0) is 6.42 Å². The summed E-state index contributed by atoms with van der Waals surface area (Å²) in [5.74, 6) is 0.00318. The van der Waals surface area contributed by atoms with E-state index in [1.807, 2.05) is 55.6 Å². The van der Waals surface area contributed by atoms with Crippen molar-refractivity contribution in [3.05, 3.63) is 96.2 Å². The van der Waals surface area contributed by atoms with Gasteiger partial charge in [0.05, 0.1) is 23.1 Å². The lowest BCUT2D eigenvalue weighted by molar-refractivity contribution is 0.287. The Morgan fingerprint density at radius 3 is 2.76 bits per heavy atom. The number of aromatic amines is 2. The first-order valence-corrected chi connectivity index (χ1v) is 12.3. The molecule has 8 heteroatoms. The van der Waals surface area contributed by atoms with Gasteiger partial charge in [-0.15, -0.1) is 0 Å².